The van der Waals surface area contributed by atoms with Gasteiger partial charge in [0.2, 0.25) is 0 Å². The molecule has 0 bridgehead atoms. The molecule has 2 saturated carbocycles. The van der Waals surface area contributed by atoms with Crippen molar-refractivity contribution >= 4 is 22.6 Å². The van der Waals surface area contributed by atoms with Crippen LogP contribution < -0.4 is 0 Å². The van der Waals surface area contributed by atoms with Gasteiger partial charge in [0, 0.05) is 3.57 Å². The maximum absolute atomic E-state index is 10.6. The van der Waals surface area contributed by atoms with Crippen molar-refractivity contribution in [3.63, 3.8) is 0 Å². The average molecular weight is 384 g/mol. The van der Waals surface area contributed by atoms with Gasteiger partial charge in [-0.25, -0.2) is 0 Å². The third kappa shape index (κ3) is 3.56. The van der Waals surface area contributed by atoms with Crippen LogP contribution in [0.1, 0.15) is 50.5 Å². The molecule has 2 heteroatoms. The predicted octanol–water partition coefficient (Wildman–Crippen LogP) is 4.80. The standard InChI is InChI=1S/C18H25IO/c19-17-9-5-13(6-10-17)11-18(20)16-8-7-14-3-1-2-4-15(14)12-16/h5-6,9-10,14-16,18,20H,1-4,7-8,11-12H2. The number of benzene rings is 1. The average Bonchev–Trinajstić information content (AvgIpc) is 2.49. The summed E-state index contributed by atoms with van der Waals surface area (Å²) in [5, 5.41) is 10.6. The highest BCUT2D eigenvalue weighted by Gasteiger charge is 2.34. The molecular weight excluding hydrogens is 359 g/mol. The Bertz CT molecular complexity index is 428. The van der Waals surface area contributed by atoms with Gasteiger partial charge < -0.3 is 5.11 Å². The molecular formula is C18H25IO. The zero-order valence-corrected chi connectivity index (χ0v) is 14.3. The molecule has 3 rings (SSSR count). The van der Waals surface area contributed by atoms with Gasteiger partial charge >= 0.3 is 0 Å². The van der Waals surface area contributed by atoms with Gasteiger partial charge in [-0.15, -0.1) is 0 Å². The fourth-order valence-corrected chi connectivity index (χ4v) is 4.65. The highest BCUT2D eigenvalue weighted by Crippen LogP contribution is 2.43. The van der Waals surface area contributed by atoms with E-state index in [1.807, 2.05) is 0 Å². The molecule has 1 aromatic carbocycles. The molecule has 1 N–H and O–H groups in total. The number of aliphatic hydroxyl groups is 1. The summed E-state index contributed by atoms with van der Waals surface area (Å²) in [5.41, 5.74) is 1.28. The van der Waals surface area contributed by atoms with Crippen molar-refractivity contribution in [3.8, 4) is 0 Å². The number of halogens is 1. The number of hydrogen-bond donors (Lipinski definition) is 1. The number of hydrogen-bond acceptors (Lipinski definition) is 1. The van der Waals surface area contributed by atoms with Crippen molar-refractivity contribution < 1.29 is 5.11 Å². The van der Waals surface area contributed by atoms with Gasteiger partial charge in [-0.1, -0.05) is 37.8 Å². The fourth-order valence-electron chi connectivity index (χ4n) is 4.29. The van der Waals surface area contributed by atoms with Gasteiger partial charge in [-0.05, 0) is 83.7 Å². The van der Waals surface area contributed by atoms with Crippen molar-refractivity contribution in [2.24, 2.45) is 17.8 Å². The normalized spacial score (nSPS) is 31.6. The topological polar surface area (TPSA) is 20.2 Å². The van der Waals surface area contributed by atoms with Crippen LogP contribution in [-0.2, 0) is 6.42 Å². The van der Waals surface area contributed by atoms with Gasteiger partial charge in [-0.3, -0.25) is 0 Å². The molecule has 1 nitrogen and oxygen atoms in total. The summed E-state index contributed by atoms with van der Waals surface area (Å²) in [5.74, 6) is 2.42. The summed E-state index contributed by atoms with van der Waals surface area (Å²) in [7, 11) is 0. The van der Waals surface area contributed by atoms with Crippen LogP contribution in [0.3, 0.4) is 0 Å². The molecule has 0 heterocycles. The summed E-state index contributed by atoms with van der Waals surface area (Å²) >= 11 is 2.33. The molecule has 0 aromatic heterocycles. The van der Waals surface area contributed by atoms with Crippen LogP contribution in [0.15, 0.2) is 24.3 Å². The molecule has 0 spiro atoms. The maximum Gasteiger partial charge on any atom is 0.0608 e. The molecule has 20 heavy (non-hydrogen) atoms. The first-order valence-corrected chi connectivity index (χ1v) is 9.23. The molecule has 0 amide bonds. The highest BCUT2D eigenvalue weighted by molar-refractivity contribution is 14.1. The molecule has 110 valence electrons. The van der Waals surface area contributed by atoms with Crippen molar-refractivity contribution in [3.05, 3.63) is 33.4 Å². The Morgan fingerprint density at radius 2 is 1.70 bits per heavy atom. The van der Waals surface area contributed by atoms with Crippen molar-refractivity contribution in [1.82, 2.24) is 0 Å². The van der Waals surface area contributed by atoms with Crippen molar-refractivity contribution in [2.45, 2.75) is 57.5 Å². The van der Waals surface area contributed by atoms with Crippen LogP contribution in [0.5, 0.6) is 0 Å². The summed E-state index contributed by atoms with van der Waals surface area (Å²) < 4.78 is 1.27. The van der Waals surface area contributed by atoms with E-state index in [9.17, 15) is 5.11 Å². The lowest BCUT2D eigenvalue weighted by Gasteiger charge is -2.40. The van der Waals surface area contributed by atoms with E-state index in [-0.39, 0.29) is 6.10 Å². The van der Waals surface area contributed by atoms with Crippen LogP contribution in [0, 0.1) is 21.3 Å². The molecule has 2 aliphatic carbocycles. The predicted molar refractivity (Wildman–Crippen MR) is 91.7 cm³/mol. The Morgan fingerprint density at radius 3 is 2.45 bits per heavy atom. The second kappa shape index (κ2) is 6.78. The van der Waals surface area contributed by atoms with Gasteiger partial charge in [0.05, 0.1) is 6.10 Å². The van der Waals surface area contributed by atoms with E-state index >= 15 is 0 Å². The summed E-state index contributed by atoms with van der Waals surface area (Å²) in [6.07, 6.45) is 10.3. The Morgan fingerprint density at radius 1 is 1.00 bits per heavy atom. The molecule has 0 radical (unpaired) electrons. The third-order valence-electron chi connectivity index (χ3n) is 5.48. The zero-order valence-electron chi connectivity index (χ0n) is 12.1. The summed E-state index contributed by atoms with van der Waals surface area (Å²) in [6.45, 7) is 0. The van der Waals surface area contributed by atoms with Crippen LogP contribution >= 0.6 is 22.6 Å². The lowest BCUT2D eigenvalue weighted by Crippen LogP contribution is -2.34. The molecule has 2 aliphatic rings. The van der Waals surface area contributed by atoms with E-state index in [1.54, 1.807) is 0 Å². The second-order valence-corrected chi connectivity index (χ2v) is 8.02. The third-order valence-corrected chi connectivity index (χ3v) is 6.20. The Labute approximate surface area is 136 Å². The van der Waals surface area contributed by atoms with E-state index < -0.39 is 0 Å². The molecule has 4 unspecified atom stereocenters. The van der Waals surface area contributed by atoms with Gasteiger partial charge in [-0.2, -0.15) is 0 Å². The summed E-state index contributed by atoms with van der Waals surface area (Å²) in [4.78, 5) is 0. The Balaban J connectivity index is 1.57. The van der Waals surface area contributed by atoms with Crippen molar-refractivity contribution in [1.29, 1.82) is 0 Å². The minimum Gasteiger partial charge on any atom is -0.392 e. The minimum absolute atomic E-state index is 0.141. The van der Waals surface area contributed by atoms with Gasteiger partial charge in [0.25, 0.3) is 0 Å². The Kier molecular flexibility index (Phi) is 5.03. The van der Waals surface area contributed by atoms with Crippen LogP contribution in [0.2, 0.25) is 0 Å². The second-order valence-electron chi connectivity index (χ2n) is 6.78. The van der Waals surface area contributed by atoms with E-state index in [1.165, 1.54) is 54.1 Å². The molecule has 0 saturated heterocycles. The highest BCUT2D eigenvalue weighted by atomic mass is 127. The monoisotopic (exact) mass is 384 g/mol. The maximum atomic E-state index is 10.6. The first-order valence-electron chi connectivity index (χ1n) is 8.15. The van der Waals surface area contributed by atoms with Crippen molar-refractivity contribution in [2.75, 3.05) is 0 Å². The van der Waals surface area contributed by atoms with Crippen LogP contribution in [0.4, 0.5) is 0 Å². The zero-order chi connectivity index (χ0) is 13.9. The SMILES string of the molecule is OC(Cc1ccc(I)cc1)C1CCC2CCCCC2C1. The first-order chi connectivity index (χ1) is 9.72. The quantitative estimate of drug-likeness (QED) is 0.743. The minimum atomic E-state index is -0.141. The fraction of sp³-hybridized carbons (Fsp3) is 0.667. The summed E-state index contributed by atoms with van der Waals surface area (Å²) in [6, 6.07) is 8.61. The Hall–Kier alpha value is -0.0900. The van der Waals surface area contributed by atoms with Crippen LogP contribution in [-0.4, -0.2) is 11.2 Å². The number of aliphatic hydroxyl groups excluding tert-OH is 1. The smallest absolute Gasteiger partial charge is 0.0608 e. The van der Waals surface area contributed by atoms with E-state index in [0.29, 0.717) is 5.92 Å². The molecule has 2 fully saturated rings. The van der Waals surface area contributed by atoms with Crippen LogP contribution in [0.25, 0.3) is 0 Å². The van der Waals surface area contributed by atoms with Gasteiger partial charge in [0.1, 0.15) is 0 Å². The molecule has 4 atom stereocenters. The molecule has 1 aromatic rings. The molecule has 0 aliphatic heterocycles. The first kappa shape index (κ1) is 14.8. The lowest BCUT2D eigenvalue weighted by molar-refractivity contribution is 0.0361. The number of fused-ring (bicyclic) bond motifs is 1. The van der Waals surface area contributed by atoms with E-state index in [4.69, 9.17) is 0 Å². The largest absolute Gasteiger partial charge is 0.392 e. The lowest BCUT2D eigenvalue weighted by atomic mass is 9.66. The van der Waals surface area contributed by atoms with Gasteiger partial charge in [0.15, 0.2) is 0 Å². The van der Waals surface area contributed by atoms with E-state index in [2.05, 4.69) is 46.9 Å². The van der Waals surface area contributed by atoms with E-state index in [0.717, 1.165) is 18.3 Å². The number of rotatable bonds is 3.